The average Bonchev–Trinajstić information content (AvgIpc) is 3.63. The summed E-state index contributed by atoms with van der Waals surface area (Å²) in [5.74, 6) is -16.3. The molecule has 0 radical (unpaired) electrons. The van der Waals surface area contributed by atoms with E-state index in [1.807, 2.05) is 13.8 Å². The highest BCUT2D eigenvalue weighted by Gasteiger charge is 2.85. The number of nitrogens with one attached hydrogen (secondary N) is 1. The summed E-state index contributed by atoms with van der Waals surface area (Å²) in [6.07, 6.45) is 0. The summed E-state index contributed by atoms with van der Waals surface area (Å²) in [7, 11) is 0. The number of halogens is 6. The molecule has 276 valence electrons. The number of nitrogens with zero attached hydrogens (tertiary/aromatic N) is 3. The minimum atomic E-state index is -5.75. The first-order valence-corrected chi connectivity index (χ1v) is 18.5. The molecule has 4 heterocycles. The van der Waals surface area contributed by atoms with Crippen LogP contribution in [-0.2, 0) is 0 Å². The molecular formula is C37H37F6N4O3S2+. The molecule has 1 fully saturated rings. The Morgan fingerprint density at radius 2 is 1.12 bits per heavy atom. The number of rotatable bonds is 2. The van der Waals surface area contributed by atoms with Crippen LogP contribution in [0.2, 0.25) is 0 Å². The number of quaternary nitrogens is 1. The van der Waals surface area contributed by atoms with Gasteiger partial charge in [-0.05, 0) is 107 Å². The van der Waals surface area contributed by atoms with Crippen molar-refractivity contribution >= 4 is 46.3 Å². The minimum absolute atomic E-state index is 0.0585. The number of hydroxylamine groups is 3. The Labute approximate surface area is 305 Å². The fourth-order valence-electron chi connectivity index (χ4n) is 8.37. The van der Waals surface area contributed by atoms with Crippen molar-refractivity contribution in [2.75, 3.05) is 0 Å². The lowest BCUT2D eigenvalue weighted by molar-refractivity contribution is -0.805. The second-order valence-corrected chi connectivity index (χ2v) is 19.8. The Morgan fingerprint density at radius 3 is 1.52 bits per heavy atom. The van der Waals surface area contributed by atoms with Gasteiger partial charge in [0.25, 0.3) is 0 Å². The molecule has 2 aliphatic carbocycles. The molecule has 0 spiro atoms. The van der Waals surface area contributed by atoms with Crippen molar-refractivity contribution in [1.29, 1.82) is 0 Å². The summed E-state index contributed by atoms with van der Waals surface area (Å²) in [6.45, 7) is 16.9. The van der Waals surface area contributed by atoms with Crippen LogP contribution in [0.3, 0.4) is 0 Å². The third kappa shape index (κ3) is 3.63. The Kier molecular flexibility index (Phi) is 6.59. The summed E-state index contributed by atoms with van der Waals surface area (Å²) in [5, 5.41) is 26.7. The van der Waals surface area contributed by atoms with E-state index < -0.39 is 65.6 Å². The zero-order valence-electron chi connectivity index (χ0n) is 30.1. The molecule has 2 aromatic rings. The van der Waals surface area contributed by atoms with E-state index in [9.17, 15) is 15.3 Å². The van der Waals surface area contributed by atoms with Crippen molar-refractivity contribution in [2.24, 2.45) is 4.99 Å². The van der Waals surface area contributed by atoms with Crippen molar-refractivity contribution in [3.63, 3.8) is 0 Å². The molecule has 6 aliphatic rings. The van der Waals surface area contributed by atoms with E-state index >= 15 is 26.3 Å². The quantitative estimate of drug-likeness (QED) is 0.191. The predicted octanol–water partition coefficient (Wildman–Crippen LogP) is 7.86. The standard InChI is InChI=1S/C37H37F6N4O3S2/c1-29(2)30(3,4)45(48)27(44-29)17-11-13-19-21(15-17)51-33(9)23(19)25-26(36(40,41)37(42,43)35(25,38)39)24-20-14-12-18(16-22(20)52-34(24,33)10)28-46(49)31(5,6)32(7,8)47(28)50/h11-16,46H,1-10H3/q+1/t33-,34-/m1/s1. The second kappa shape index (κ2) is 9.56. The van der Waals surface area contributed by atoms with Crippen molar-refractivity contribution in [3.8, 4) is 0 Å². The normalized spacial score (nSPS) is 33.2. The molecule has 1 N–H and O–H groups in total. The topological polar surface area (TPSA) is 86.0 Å². The number of benzene rings is 2. The van der Waals surface area contributed by atoms with Crippen LogP contribution < -0.4 is 5.06 Å². The third-order valence-corrected chi connectivity index (χ3v) is 16.6. The van der Waals surface area contributed by atoms with Crippen LogP contribution in [0.1, 0.15) is 91.5 Å². The molecule has 52 heavy (non-hydrogen) atoms. The van der Waals surface area contributed by atoms with Crippen LogP contribution in [0.4, 0.5) is 26.3 Å². The lowest BCUT2D eigenvalue weighted by Gasteiger charge is -2.47. The number of amidine groups is 2. The maximum atomic E-state index is 16.2. The Balaban J connectivity index is 1.36. The highest BCUT2D eigenvalue weighted by molar-refractivity contribution is 8.06. The molecular weight excluding hydrogens is 727 g/mol. The molecule has 1 unspecified atom stereocenters. The number of thioether (sulfide) groups is 2. The molecule has 0 aromatic heterocycles. The molecule has 0 amide bonds. The van der Waals surface area contributed by atoms with E-state index in [0.717, 1.165) is 28.3 Å². The molecule has 7 nitrogen and oxygen atoms in total. The zero-order valence-corrected chi connectivity index (χ0v) is 31.7. The molecule has 3 atom stereocenters. The van der Waals surface area contributed by atoms with Gasteiger partial charge in [-0.2, -0.15) is 26.3 Å². The first-order chi connectivity index (χ1) is 23.6. The van der Waals surface area contributed by atoms with Crippen LogP contribution in [0.15, 0.2) is 62.3 Å². The lowest BCUT2D eigenvalue weighted by atomic mass is 9.68. The van der Waals surface area contributed by atoms with E-state index in [1.54, 1.807) is 61.5 Å². The molecule has 0 saturated heterocycles. The Morgan fingerprint density at radius 1 is 0.673 bits per heavy atom. The summed E-state index contributed by atoms with van der Waals surface area (Å²) in [6, 6.07) is 8.75. The number of hydrogen-bond donors (Lipinski definition) is 1. The number of fused-ring (bicyclic) bond motifs is 8. The van der Waals surface area contributed by atoms with Crippen LogP contribution in [0.5, 0.6) is 0 Å². The van der Waals surface area contributed by atoms with Crippen LogP contribution in [-0.4, -0.2) is 70.6 Å². The first kappa shape index (κ1) is 35.9. The summed E-state index contributed by atoms with van der Waals surface area (Å²) in [5.41, 5.74) is -6.61. The SMILES string of the molecule is CC1(C)N=C(c2ccc3c(c2)S[C@]2(C)C3=C3C(=C4c5ccc(C6=[N+]([O-])C(C)(C)C(C)(C)[NH+]6[O-])cc5S[C@]42C)C(F)(F)C(F)(F)C3(F)F)[N+](=O)C1(C)C. The summed E-state index contributed by atoms with van der Waals surface area (Å²) >= 11 is 2.15. The van der Waals surface area contributed by atoms with E-state index in [1.165, 1.54) is 30.3 Å². The largest absolute Gasteiger partial charge is 0.624 e. The Bertz CT molecular complexity index is 2240. The number of aliphatic imine (C=N–C) groups is 1. The van der Waals surface area contributed by atoms with Gasteiger partial charge in [-0.25, -0.2) is 0 Å². The van der Waals surface area contributed by atoms with Gasteiger partial charge in [0.05, 0.1) is 15.1 Å². The number of hydrogen-bond acceptors (Lipinski definition) is 6. The van der Waals surface area contributed by atoms with E-state index in [0.29, 0.717) is 20.1 Å². The summed E-state index contributed by atoms with van der Waals surface area (Å²) < 4.78 is 94.2. The molecule has 2 aromatic carbocycles. The number of alkyl halides is 6. The van der Waals surface area contributed by atoms with Crippen molar-refractivity contribution in [2.45, 2.75) is 128 Å². The molecule has 8 rings (SSSR count). The highest BCUT2D eigenvalue weighted by Crippen LogP contribution is 2.78. The van der Waals surface area contributed by atoms with Gasteiger partial charge in [-0.15, -0.1) is 28.3 Å². The smallest absolute Gasteiger partial charge is 0.381 e. The number of nitroso groups, excluding NO2 is 1. The van der Waals surface area contributed by atoms with Gasteiger partial charge in [0.1, 0.15) is 5.56 Å². The zero-order chi connectivity index (χ0) is 38.5. The molecule has 4 aliphatic heterocycles. The minimum Gasteiger partial charge on any atom is -0.624 e. The van der Waals surface area contributed by atoms with Gasteiger partial charge in [-0.1, -0.05) is 22.0 Å². The van der Waals surface area contributed by atoms with Gasteiger partial charge in [-0.3, -0.25) is 5.06 Å². The fraction of sp³-hybridized carbons (Fsp3) is 0.514. The molecule has 1 saturated carbocycles. The predicted molar refractivity (Wildman–Crippen MR) is 189 cm³/mol. The average molecular weight is 764 g/mol. The fourth-order valence-corrected chi connectivity index (χ4v) is 11.6. The van der Waals surface area contributed by atoms with Crippen molar-refractivity contribution in [1.82, 2.24) is 0 Å². The van der Waals surface area contributed by atoms with Crippen LogP contribution in [0, 0.1) is 15.3 Å². The van der Waals surface area contributed by atoms with Gasteiger partial charge < -0.3 is 10.4 Å². The van der Waals surface area contributed by atoms with Crippen LogP contribution >= 0.6 is 23.5 Å². The maximum absolute atomic E-state index is 16.2. The van der Waals surface area contributed by atoms with Crippen LogP contribution in [0.25, 0.3) is 11.1 Å². The Hall–Kier alpha value is -3.14. The first-order valence-electron chi connectivity index (χ1n) is 16.8. The molecule has 15 heteroatoms. The van der Waals surface area contributed by atoms with E-state index in [-0.39, 0.29) is 39.5 Å². The number of allylic oxidation sites excluding steroid dienone is 2. The summed E-state index contributed by atoms with van der Waals surface area (Å²) in [4.78, 5) is 18.8. The van der Waals surface area contributed by atoms with E-state index in [2.05, 4.69) is 4.99 Å². The van der Waals surface area contributed by atoms with Gasteiger partial charge >= 0.3 is 29.4 Å². The van der Waals surface area contributed by atoms with Gasteiger partial charge in [0.2, 0.25) is 5.54 Å². The van der Waals surface area contributed by atoms with Crippen molar-refractivity contribution < 1.29 is 40.9 Å². The molecule has 0 bridgehead atoms. The second-order valence-electron chi connectivity index (χ2n) is 16.9. The van der Waals surface area contributed by atoms with Gasteiger partial charge in [0, 0.05) is 34.8 Å². The lowest BCUT2D eigenvalue weighted by Crippen LogP contribution is -3.17. The van der Waals surface area contributed by atoms with E-state index in [4.69, 9.17) is 0 Å². The third-order valence-electron chi connectivity index (χ3n) is 13.3. The van der Waals surface area contributed by atoms with Gasteiger partial charge in [0.15, 0.2) is 16.6 Å². The van der Waals surface area contributed by atoms with Crippen molar-refractivity contribution in [3.05, 3.63) is 85.1 Å². The maximum Gasteiger partial charge on any atom is 0.381 e. The monoisotopic (exact) mass is 763 g/mol. The highest BCUT2D eigenvalue weighted by atomic mass is 32.2.